The monoisotopic (exact) mass is 709 g/mol. The zero-order chi connectivity index (χ0) is 38.5. The maximum atomic E-state index is 12.3. The number of esters is 1. The van der Waals surface area contributed by atoms with Crippen LogP contribution in [-0.4, -0.2) is 76.7 Å². The summed E-state index contributed by atoms with van der Waals surface area (Å²) in [6, 6.07) is 12.1. The maximum Gasteiger partial charge on any atom is 0.330 e. The number of aliphatic hydroxyl groups excluding tert-OH is 2. The first-order chi connectivity index (χ1) is 24.6. The molecule has 0 radical (unpaired) electrons. The summed E-state index contributed by atoms with van der Waals surface area (Å²) in [5, 5.41) is 32.3. The normalized spacial score (nSPS) is 19.2. The predicted molar refractivity (Wildman–Crippen MR) is 197 cm³/mol. The lowest BCUT2D eigenvalue weighted by Crippen LogP contribution is -2.61. The van der Waals surface area contributed by atoms with Gasteiger partial charge in [0.1, 0.15) is 12.1 Å². The Morgan fingerprint density at radius 2 is 1.25 bits per heavy atom. The smallest absolute Gasteiger partial charge is 0.330 e. The third-order valence-electron chi connectivity index (χ3n) is 8.28. The van der Waals surface area contributed by atoms with Crippen molar-refractivity contribution in [3.8, 4) is 47.4 Å². The molecular weight excluding hydrogens is 662 g/mol. The van der Waals surface area contributed by atoms with E-state index in [1.54, 1.807) is 52.0 Å². The van der Waals surface area contributed by atoms with Gasteiger partial charge >= 0.3 is 5.97 Å². The van der Waals surface area contributed by atoms with Crippen LogP contribution in [0.5, 0.6) is 0 Å². The van der Waals surface area contributed by atoms with Crippen LogP contribution >= 0.6 is 0 Å². The largest absolute Gasteiger partial charge is 0.467 e. The minimum atomic E-state index is -1.10. The van der Waals surface area contributed by atoms with Gasteiger partial charge in [-0.2, -0.15) is 0 Å². The number of aliphatic hydroxyl groups is 2. The van der Waals surface area contributed by atoms with E-state index in [1.165, 1.54) is 12.6 Å². The standard InChI is InChI=1S/C20H23N3O4.C20H24N2O3/c1-20(2,21)17(19(26)23-27)22-18(25)14-9-7-13(8-10-14)5-3-4-6-15-11-16(15)12-24;1-20(2,21)18(19(24)25-3)22-17-10-8-14(9-11-17)6-4-5-7-15-12-16(15)13-23/h7-10,15-17,24,27H,11-12,21H2,1-2H3,(H,22,25)(H,23,26);8-11,15-16,18,22-23H,12-13,21H2,1-3H3/t15-,16+,17-;15-,16+,18?/m11/s1. The number of ether oxygens (including phenoxy) is 1. The van der Waals surface area contributed by atoms with Gasteiger partial charge in [0.15, 0.2) is 0 Å². The van der Waals surface area contributed by atoms with Gasteiger partial charge in [-0.15, -0.1) is 0 Å². The van der Waals surface area contributed by atoms with E-state index in [0.717, 1.165) is 24.1 Å². The zero-order valence-electron chi connectivity index (χ0n) is 30.0. The highest BCUT2D eigenvalue weighted by Crippen LogP contribution is 2.37. The van der Waals surface area contributed by atoms with Crippen LogP contribution in [-0.2, 0) is 14.3 Å². The molecule has 2 saturated carbocycles. The molecule has 2 aliphatic carbocycles. The molecule has 1 unspecified atom stereocenters. The Hall–Kier alpha value is -5.31. The van der Waals surface area contributed by atoms with Crippen LogP contribution in [0.2, 0.25) is 0 Å². The van der Waals surface area contributed by atoms with Crippen molar-refractivity contribution in [2.75, 3.05) is 25.6 Å². The highest BCUT2D eigenvalue weighted by molar-refractivity contribution is 5.98. The van der Waals surface area contributed by atoms with Gasteiger partial charge in [0.2, 0.25) is 0 Å². The molecule has 12 nitrogen and oxygen atoms in total. The number of anilines is 1. The Labute approximate surface area is 305 Å². The van der Waals surface area contributed by atoms with Gasteiger partial charge in [-0.25, -0.2) is 10.3 Å². The first-order valence-corrected chi connectivity index (χ1v) is 16.7. The Morgan fingerprint density at radius 3 is 1.63 bits per heavy atom. The van der Waals surface area contributed by atoms with Crippen molar-refractivity contribution in [3.05, 3.63) is 65.2 Å². The number of amides is 2. The van der Waals surface area contributed by atoms with Gasteiger partial charge in [-0.05, 0) is 125 Å². The number of rotatable bonds is 10. The van der Waals surface area contributed by atoms with Gasteiger partial charge in [0, 0.05) is 58.5 Å². The molecule has 2 fully saturated rings. The molecule has 0 heterocycles. The van der Waals surface area contributed by atoms with Crippen molar-refractivity contribution in [2.45, 2.75) is 63.7 Å². The average molecular weight is 710 g/mol. The number of carbonyl (C=O) groups is 3. The van der Waals surface area contributed by atoms with E-state index in [1.807, 2.05) is 24.3 Å². The van der Waals surface area contributed by atoms with Crippen LogP contribution in [0.3, 0.4) is 0 Å². The summed E-state index contributed by atoms with van der Waals surface area (Å²) in [6.07, 6.45) is 1.88. The molecule has 2 aromatic rings. The molecule has 274 valence electrons. The van der Waals surface area contributed by atoms with Gasteiger partial charge in [-0.1, -0.05) is 23.7 Å². The van der Waals surface area contributed by atoms with E-state index in [2.05, 4.69) is 58.0 Å². The first-order valence-electron chi connectivity index (χ1n) is 16.7. The molecule has 0 bridgehead atoms. The van der Waals surface area contributed by atoms with E-state index in [-0.39, 0.29) is 25.0 Å². The summed E-state index contributed by atoms with van der Waals surface area (Å²) < 4.78 is 4.81. The fourth-order valence-corrected chi connectivity index (χ4v) is 4.77. The zero-order valence-corrected chi connectivity index (χ0v) is 30.0. The van der Waals surface area contributed by atoms with E-state index < -0.39 is 40.9 Å². The van der Waals surface area contributed by atoms with Gasteiger partial charge < -0.3 is 37.1 Å². The second-order valence-corrected chi connectivity index (χ2v) is 13.9. The summed E-state index contributed by atoms with van der Waals surface area (Å²) in [4.78, 5) is 35.9. The number of carbonyl (C=O) groups excluding carboxylic acids is 3. The van der Waals surface area contributed by atoms with Gasteiger partial charge in [-0.3, -0.25) is 14.8 Å². The fourth-order valence-electron chi connectivity index (χ4n) is 4.77. The lowest BCUT2D eigenvalue weighted by molar-refractivity contribution is -0.142. The molecular formula is C40H47N5O7. The van der Waals surface area contributed by atoms with Gasteiger partial charge in [0.25, 0.3) is 11.8 Å². The van der Waals surface area contributed by atoms with Crippen molar-refractivity contribution in [2.24, 2.45) is 35.1 Å². The maximum absolute atomic E-state index is 12.3. The molecule has 52 heavy (non-hydrogen) atoms. The summed E-state index contributed by atoms with van der Waals surface area (Å²) in [5.41, 5.74) is 14.2. The number of nitrogens with one attached hydrogen (secondary N) is 3. The van der Waals surface area contributed by atoms with E-state index in [4.69, 9.17) is 31.6 Å². The third kappa shape index (κ3) is 13.1. The fraction of sp³-hybridized carbons (Fsp3) is 0.425. The van der Waals surface area contributed by atoms with Crippen LogP contribution in [0.25, 0.3) is 0 Å². The third-order valence-corrected chi connectivity index (χ3v) is 8.28. The minimum absolute atomic E-state index is 0.165. The molecule has 2 aromatic carbocycles. The molecule has 4 rings (SSSR count). The van der Waals surface area contributed by atoms with Crippen molar-refractivity contribution in [1.82, 2.24) is 10.8 Å². The highest BCUT2D eigenvalue weighted by Gasteiger charge is 2.36. The second kappa shape index (κ2) is 18.8. The van der Waals surface area contributed by atoms with E-state index >= 15 is 0 Å². The topological polar surface area (TPSA) is 209 Å². The molecule has 0 aromatic heterocycles. The molecule has 2 amide bonds. The Balaban J connectivity index is 0.000000281. The summed E-state index contributed by atoms with van der Waals surface area (Å²) in [5.74, 6) is 22.5. The first kappa shape index (κ1) is 41.1. The van der Waals surface area contributed by atoms with Crippen molar-refractivity contribution in [3.63, 3.8) is 0 Å². The second-order valence-electron chi connectivity index (χ2n) is 13.9. The minimum Gasteiger partial charge on any atom is -0.467 e. The lowest BCUT2D eigenvalue weighted by atomic mass is 9.95. The highest BCUT2D eigenvalue weighted by atomic mass is 16.5. The summed E-state index contributed by atoms with van der Waals surface area (Å²) in [7, 11) is 1.34. The van der Waals surface area contributed by atoms with Crippen LogP contribution in [0.4, 0.5) is 5.69 Å². The van der Waals surface area contributed by atoms with Gasteiger partial charge in [0.05, 0.1) is 7.11 Å². The van der Waals surface area contributed by atoms with Crippen LogP contribution < -0.4 is 27.6 Å². The average Bonchev–Trinajstić information content (AvgIpc) is 4.05. The number of hydroxylamine groups is 1. The molecule has 0 spiro atoms. The molecule has 0 saturated heterocycles. The van der Waals surface area contributed by atoms with E-state index in [9.17, 15) is 14.4 Å². The summed E-state index contributed by atoms with van der Waals surface area (Å²) >= 11 is 0. The quantitative estimate of drug-likeness (QED) is 0.0769. The van der Waals surface area contributed by atoms with Crippen LogP contribution in [0, 0.1) is 71.0 Å². The summed E-state index contributed by atoms with van der Waals surface area (Å²) in [6.45, 7) is 7.03. The Kier molecular flexibility index (Phi) is 14.9. The van der Waals surface area contributed by atoms with Crippen molar-refractivity contribution >= 4 is 23.5 Å². The number of hydrogen-bond acceptors (Lipinski definition) is 10. The predicted octanol–water partition coefficient (Wildman–Crippen LogP) is 1.37. The molecule has 2 aliphatic rings. The number of nitrogens with two attached hydrogens (primary N) is 2. The number of benzene rings is 2. The number of methoxy groups -OCH3 is 1. The molecule has 6 atom stereocenters. The lowest BCUT2D eigenvalue weighted by Gasteiger charge is -2.29. The molecule has 12 heteroatoms. The Morgan fingerprint density at radius 1 is 0.788 bits per heavy atom. The molecule has 0 aliphatic heterocycles. The SMILES string of the molecule is CC(C)(N)[C@H](NC(=O)c1ccc(C#CC#C[C@@H]2C[C@H]2CO)cc1)C(=O)NO.COC(=O)C(Nc1ccc(C#CC#C[C@@H]2C[C@H]2CO)cc1)C(C)(C)N. The van der Waals surface area contributed by atoms with E-state index in [0.29, 0.717) is 23.0 Å². The van der Waals surface area contributed by atoms with Crippen molar-refractivity contribution in [1.29, 1.82) is 0 Å². The van der Waals surface area contributed by atoms with Crippen LogP contribution in [0.1, 0.15) is 62.0 Å². The Bertz CT molecular complexity index is 1820. The number of hydrogen-bond donors (Lipinski definition) is 8. The molecule has 10 N–H and O–H groups in total. The van der Waals surface area contributed by atoms with Crippen molar-refractivity contribution < 1.29 is 34.5 Å². The van der Waals surface area contributed by atoms with Crippen LogP contribution in [0.15, 0.2) is 48.5 Å².